The van der Waals surface area contributed by atoms with Gasteiger partial charge in [0.15, 0.2) is 0 Å². The largest absolute Gasteiger partial charge is 0.351 e. The summed E-state index contributed by atoms with van der Waals surface area (Å²) in [6.07, 6.45) is 3.47. The summed E-state index contributed by atoms with van der Waals surface area (Å²) >= 11 is 0. The van der Waals surface area contributed by atoms with E-state index in [1.54, 1.807) is 0 Å². The fourth-order valence-corrected chi connectivity index (χ4v) is 1.13. The first-order chi connectivity index (χ1) is 5.29. The highest BCUT2D eigenvalue weighted by atomic mass is 16.1. The molecule has 11 heavy (non-hydrogen) atoms. The van der Waals surface area contributed by atoms with E-state index >= 15 is 0 Å². The van der Waals surface area contributed by atoms with Crippen molar-refractivity contribution >= 4 is 11.6 Å². The molecule has 62 valence electrons. The molecule has 1 amide bonds. The summed E-state index contributed by atoms with van der Waals surface area (Å²) in [6, 6.07) is 0. The Morgan fingerprint density at radius 2 is 2.45 bits per heavy atom. The van der Waals surface area contributed by atoms with E-state index in [0.29, 0.717) is 6.54 Å². The number of nitrogens with zero attached hydrogens (tertiary/aromatic N) is 1. The monoisotopic (exact) mass is 154 g/mol. The second kappa shape index (κ2) is 4.11. The van der Waals surface area contributed by atoms with Crippen LogP contribution in [0.4, 0.5) is 0 Å². The quantitative estimate of drug-likeness (QED) is 0.626. The van der Waals surface area contributed by atoms with Crippen molar-refractivity contribution < 1.29 is 4.79 Å². The molecular weight excluding hydrogens is 140 g/mol. The van der Waals surface area contributed by atoms with Crippen LogP contribution in [0, 0.1) is 0 Å². The van der Waals surface area contributed by atoms with Gasteiger partial charge in [-0.2, -0.15) is 0 Å². The second-order valence-corrected chi connectivity index (χ2v) is 2.81. The van der Waals surface area contributed by atoms with Crippen LogP contribution in [0.2, 0.25) is 0 Å². The van der Waals surface area contributed by atoms with E-state index in [1.165, 1.54) is 19.8 Å². The first-order valence-electron chi connectivity index (χ1n) is 4.05. The third kappa shape index (κ3) is 3.16. The standard InChI is InChI=1S/C8H14N2O/c1-7(11)10-6-8-4-2-3-5-9-8/h2-6H2,1H3,(H,10,11). The number of hydrogen-bond acceptors (Lipinski definition) is 2. The molecule has 0 unspecified atom stereocenters. The summed E-state index contributed by atoms with van der Waals surface area (Å²) in [5, 5.41) is 2.75. The average molecular weight is 154 g/mol. The number of carbonyl (C=O) groups is 1. The van der Waals surface area contributed by atoms with Gasteiger partial charge in [0.05, 0.1) is 6.54 Å². The Morgan fingerprint density at radius 1 is 1.64 bits per heavy atom. The maximum absolute atomic E-state index is 10.5. The van der Waals surface area contributed by atoms with Crippen molar-refractivity contribution in [1.29, 1.82) is 0 Å². The minimum Gasteiger partial charge on any atom is -0.351 e. The van der Waals surface area contributed by atoms with Crippen molar-refractivity contribution in [3.8, 4) is 0 Å². The van der Waals surface area contributed by atoms with Gasteiger partial charge in [0.25, 0.3) is 0 Å². The lowest BCUT2D eigenvalue weighted by molar-refractivity contribution is -0.118. The molecule has 0 saturated carbocycles. The molecular formula is C8H14N2O. The molecule has 0 spiro atoms. The van der Waals surface area contributed by atoms with Crippen LogP contribution in [-0.4, -0.2) is 24.7 Å². The summed E-state index contributed by atoms with van der Waals surface area (Å²) in [5.41, 5.74) is 1.14. The third-order valence-electron chi connectivity index (χ3n) is 1.75. The van der Waals surface area contributed by atoms with Gasteiger partial charge in [-0.1, -0.05) is 0 Å². The highest BCUT2D eigenvalue weighted by molar-refractivity contribution is 5.89. The van der Waals surface area contributed by atoms with Gasteiger partial charge < -0.3 is 5.32 Å². The SMILES string of the molecule is CC(=O)NCC1=NCCCC1. The molecule has 0 aromatic heterocycles. The highest BCUT2D eigenvalue weighted by Gasteiger charge is 2.04. The summed E-state index contributed by atoms with van der Waals surface area (Å²) in [4.78, 5) is 14.8. The van der Waals surface area contributed by atoms with Gasteiger partial charge in [-0.15, -0.1) is 0 Å². The van der Waals surface area contributed by atoms with Crippen LogP contribution in [0.1, 0.15) is 26.2 Å². The smallest absolute Gasteiger partial charge is 0.217 e. The molecule has 1 rings (SSSR count). The molecule has 3 heteroatoms. The Morgan fingerprint density at radius 3 is 3.00 bits per heavy atom. The lowest BCUT2D eigenvalue weighted by Crippen LogP contribution is -2.28. The molecule has 1 heterocycles. The van der Waals surface area contributed by atoms with E-state index in [0.717, 1.165) is 18.7 Å². The maximum Gasteiger partial charge on any atom is 0.217 e. The molecule has 0 fully saturated rings. The van der Waals surface area contributed by atoms with Crippen molar-refractivity contribution in [3.05, 3.63) is 0 Å². The van der Waals surface area contributed by atoms with Gasteiger partial charge in [0.2, 0.25) is 5.91 Å². The van der Waals surface area contributed by atoms with Gasteiger partial charge in [0.1, 0.15) is 0 Å². The average Bonchev–Trinajstić information content (AvgIpc) is 2.03. The van der Waals surface area contributed by atoms with Gasteiger partial charge >= 0.3 is 0 Å². The first-order valence-corrected chi connectivity index (χ1v) is 4.05. The fourth-order valence-electron chi connectivity index (χ4n) is 1.13. The summed E-state index contributed by atoms with van der Waals surface area (Å²) in [5.74, 6) is 0.0262. The first kappa shape index (κ1) is 8.24. The Balaban J connectivity index is 2.24. The lowest BCUT2D eigenvalue weighted by Gasteiger charge is -2.11. The summed E-state index contributed by atoms with van der Waals surface area (Å²) < 4.78 is 0. The topological polar surface area (TPSA) is 41.5 Å². The predicted molar refractivity (Wildman–Crippen MR) is 44.8 cm³/mol. The van der Waals surface area contributed by atoms with Crippen molar-refractivity contribution in [2.75, 3.05) is 13.1 Å². The van der Waals surface area contributed by atoms with Crippen LogP contribution in [0.5, 0.6) is 0 Å². The molecule has 1 aliphatic heterocycles. The van der Waals surface area contributed by atoms with E-state index in [1.807, 2.05) is 0 Å². The lowest BCUT2D eigenvalue weighted by atomic mass is 10.1. The van der Waals surface area contributed by atoms with Gasteiger partial charge in [-0.25, -0.2) is 0 Å². The molecule has 1 N–H and O–H groups in total. The maximum atomic E-state index is 10.5. The van der Waals surface area contributed by atoms with Gasteiger partial charge in [-0.3, -0.25) is 9.79 Å². The number of hydrogen-bond donors (Lipinski definition) is 1. The summed E-state index contributed by atoms with van der Waals surface area (Å²) in [7, 11) is 0. The molecule has 0 aromatic rings. The zero-order valence-electron chi connectivity index (χ0n) is 6.89. The molecule has 3 nitrogen and oxygen atoms in total. The number of carbonyl (C=O) groups excluding carboxylic acids is 1. The molecule has 0 saturated heterocycles. The minimum absolute atomic E-state index is 0.0262. The highest BCUT2D eigenvalue weighted by Crippen LogP contribution is 2.04. The van der Waals surface area contributed by atoms with E-state index in [-0.39, 0.29) is 5.91 Å². The van der Waals surface area contributed by atoms with E-state index in [4.69, 9.17) is 0 Å². The van der Waals surface area contributed by atoms with Crippen LogP contribution < -0.4 is 5.32 Å². The minimum atomic E-state index is 0.0262. The van der Waals surface area contributed by atoms with Crippen LogP contribution in [0.3, 0.4) is 0 Å². The normalized spacial score (nSPS) is 17.4. The van der Waals surface area contributed by atoms with Crippen LogP contribution in [-0.2, 0) is 4.79 Å². The van der Waals surface area contributed by atoms with Gasteiger partial charge in [-0.05, 0) is 19.3 Å². The molecule has 0 aromatic carbocycles. The van der Waals surface area contributed by atoms with Crippen molar-refractivity contribution in [3.63, 3.8) is 0 Å². The number of nitrogens with one attached hydrogen (secondary N) is 1. The summed E-state index contributed by atoms with van der Waals surface area (Å²) in [6.45, 7) is 3.12. The molecule has 0 radical (unpaired) electrons. The predicted octanol–water partition coefficient (Wildman–Crippen LogP) is 0.747. The molecule has 0 aliphatic carbocycles. The Bertz CT molecular complexity index is 175. The number of aliphatic imine (C=N–C) groups is 1. The van der Waals surface area contributed by atoms with Crippen molar-refractivity contribution in [1.82, 2.24) is 5.32 Å². The second-order valence-electron chi connectivity index (χ2n) is 2.81. The molecule has 1 aliphatic rings. The fraction of sp³-hybridized carbons (Fsp3) is 0.750. The molecule has 0 atom stereocenters. The van der Waals surface area contributed by atoms with E-state index in [2.05, 4.69) is 10.3 Å². The van der Waals surface area contributed by atoms with Crippen LogP contribution >= 0.6 is 0 Å². The Labute approximate surface area is 66.9 Å². The molecule has 0 bridgehead atoms. The van der Waals surface area contributed by atoms with Crippen LogP contribution in [0.15, 0.2) is 4.99 Å². The van der Waals surface area contributed by atoms with Crippen molar-refractivity contribution in [2.24, 2.45) is 4.99 Å². The van der Waals surface area contributed by atoms with Crippen molar-refractivity contribution in [2.45, 2.75) is 26.2 Å². The Hall–Kier alpha value is -0.860. The number of amides is 1. The number of rotatable bonds is 2. The van der Waals surface area contributed by atoms with E-state index in [9.17, 15) is 4.79 Å². The zero-order chi connectivity index (χ0) is 8.10. The third-order valence-corrected chi connectivity index (χ3v) is 1.75. The van der Waals surface area contributed by atoms with E-state index < -0.39 is 0 Å². The van der Waals surface area contributed by atoms with Crippen LogP contribution in [0.25, 0.3) is 0 Å². The zero-order valence-corrected chi connectivity index (χ0v) is 6.89. The Kier molecular flexibility index (Phi) is 3.08. The van der Waals surface area contributed by atoms with Gasteiger partial charge in [0, 0.05) is 19.2 Å².